The van der Waals surface area contributed by atoms with Crippen molar-refractivity contribution in [1.29, 1.82) is 0 Å². The molecular weight excluding hydrogens is 206 g/mol. The number of nitrogens with one attached hydrogen (secondary N) is 1. The Bertz CT molecular complexity index is 244. The van der Waals surface area contributed by atoms with Crippen molar-refractivity contribution in [3.05, 3.63) is 21.8 Å². The van der Waals surface area contributed by atoms with E-state index in [2.05, 4.69) is 21.2 Å². The van der Waals surface area contributed by atoms with Gasteiger partial charge in [0.15, 0.2) is 0 Å². The van der Waals surface area contributed by atoms with Crippen LogP contribution < -0.4 is 5.32 Å². The van der Waals surface area contributed by atoms with Crippen LogP contribution in [0.15, 0.2) is 21.8 Å². The Morgan fingerprint density at radius 1 is 1.55 bits per heavy atom. The zero-order chi connectivity index (χ0) is 7.84. The van der Waals surface area contributed by atoms with E-state index in [1.807, 2.05) is 6.20 Å². The molecule has 1 heterocycles. The van der Waals surface area contributed by atoms with Gasteiger partial charge < -0.3 is 10.4 Å². The monoisotopic (exact) mass is 215 g/mol. The summed E-state index contributed by atoms with van der Waals surface area (Å²) < 4.78 is 1.11. The smallest absolute Gasteiger partial charge is 0.146 e. The van der Waals surface area contributed by atoms with Gasteiger partial charge in [-0.3, -0.25) is 0 Å². The fourth-order valence-electron chi connectivity index (χ4n) is 1.68. The number of aliphatic hydroxyl groups is 1. The Morgan fingerprint density at radius 3 is 3.09 bits per heavy atom. The number of rotatable bonds is 0. The van der Waals surface area contributed by atoms with Gasteiger partial charge in [-0.15, -0.1) is 0 Å². The van der Waals surface area contributed by atoms with E-state index < -0.39 is 6.23 Å². The summed E-state index contributed by atoms with van der Waals surface area (Å²) in [4.78, 5) is 0. The first-order valence-corrected chi connectivity index (χ1v) is 4.60. The first kappa shape index (κ1) is 7.37. The maximum atomic E-state index is 9.46. The normalized spacial score (nSPS) is 29.6. The van der Waals surface area contributed by atoms with Gasteiger partial charge in [-0.05, 0) is 46.3 Å². The predicted molar refractivity (Wildman–Crippen MR) is 47.0 cm³/mol. The first-order chi connectivity index (χ1) is 5.29. The number of dihydropyridines is 1. The Labute approximate surface area is 74.1 Å². The molecule has 0 bridgehead atoms. The summed E-state index contributed by atoms with van der Waals surface area (Å²) in [6.07, 6.45) is 4.70. The van der Waals surface area contributed by atoms with E-state index in [4.69, 9.17) is 0 Å². The Morgan fingerprint density at radius 2 is 2.36 bits per heavy atom. The molecule has 0 aromatic heterocycles. The SMILES string of the molecule is OC1NC=C(Br)C2=C1CCC2. The van der Waals surface area contributed by atoms with Crippen molar-refractivity contribution >= 4 is 15.9 Å². The quantitative estimate of drug-likeness (QED) is 0.644. The molecule has 11 heavy (non-hydrogen) atoms. The van der Waals surface area contributed by atoms with Crippen LogP contribution in [0.3, 0.4) is 0 Å². The number of aliphatic hydroxyl groups excluding tert-OH is 1. The fraction of sp³-hybridized carbons (Fsp3) is 0.500. The minimum Gasteiger partial charge on any atom is -0.370 e. The van der Waals surface area contributed by atoms with Gasteiger partial charge in [0.1, 0.15) is 6.23 Å². The lowest BCUT2D eigenvalue weighted by Gasteiger charge is -2.19. The molecule has 0 spiro atoms. The van der Waals surface area contributed by atoms with Crippen LogP contribution in [0.1, 0.15) is 19.3 Å². The lowest BCUT2D eigenvalue weighted by molar-refractivity contribution is 0.184. The van der Waals surface area contributed by atoms with Crippen LogP contribution in [0, 0.1) is 0 Å². The molecule has 0 fully saturated rings. The maximum Gasteiger partial charge on any atom is 0.146 e. The summed E-state index contributed by atoms with van der Waals surface area (Å²) in [6.45, 7) is 0. The van der Waals surface area contributed by atoms with Crippen LogP contribution in [0.5, 0.6) is 0 Å². The van der Waals surface area contributed by atoms with Gasteiger partial charge >= 0.3 is 0 Å². The molecule has 60 valence electrons. The van der Waals surface area contributed by atoms with E-state index in [1.54, 1.807) is 0 Å². The predicted octanol–water partition coefficient (Wildman–Crippen LogP) is 1.62. The molecule has 0 radical (unpaired) electrons. The summed E-state index contributed by atoms with van der Waals surface area (Å²) >= 11 is 3.45. The second-order valence-corrected chi connectivity index (χ2v) is 3.77. The Kier molecular flexibility index (Phi) is 1.77. The van der Waals surface area contributed by atoms with Crippen molar-refractivity contribution in [1.82, 2.24) is 5.32 Å². The first-order valence-electron chi connectivity index (χ1n) is 3.81. The molecule has 3 heteroatoms. The number of allylic oxidation sites excluding steroid dienone is 2. The minimum absolute atomic E-state index is 0.436. The summed E-state index contributed by atoms with van der Waals surface area (Å²) in [6, 6.07) is 0. The number of hydrogen-bond donors (Lipinski definition) is 2. The highest BCUT2D eigenvalue weighted by Crippen LogP contribution is 2.37. The highest BCUT2D eigenvalue weighted by molar-refractivity contribution is 9.12. The van der Waals surface area contributed by atoms with E-state index >= 15 is 0 Å². The average molecular weight is 216 g/mol. The van der Waals surface area contributed by atoms with Gasteiger partial charge in [0, 0.05) is 10.7 Å². The molecule has 0 saturated carbocycles. The molecule has 0 amide bonds. The summed E-state index contributed by atoms with van der Waals surface area (Å²) in [5.41, 5.74) is 2.47. The van der Waals surface area contributed by atoms with Crippen molar-refractivity contribution < 1.29 is 5.11 Å². The van der Waals surface area contributed by atoms with Gasteiger partial charge in [0.05, 0.1) is 0 Å². The zero-order valence-electron chi connectivity index (χ0n) is 6.10. The molecule has 1 atom stereocenters. The van der Waals surface area contributed by atoms with Crippen molar-refractivity contribution in [2.24, 2.45) is 0 Å². The van der Waals surface area contributed by atoms with Crippen LogP contribution in [0.4, 0.5) is 0 Å². The minimum atomic E-state index is -0.436. The lowest BCUT2D eigenvalue weighted by Crippen LogP contribution is -2.28. The van der Waals surface area contributed by atoms with Gasteiger partial charge in [-0.2, -0.15) is 0 Å². The molecule has 2 aliphatic rings. The summed E-state index contributed by atoms with van der Waals surface area (Å²) in [5.74, 6) is 0. The van der Waals surface area contributed by atoms with Crippen LogP contribution in [-0.2, 0) is 0 Å². The molecule has 1 unspecified atom stereocenters. The van der Waals surface area contributed by atoms with E-state index in [1.165, 1.54) is 17.6 Å². The lowest BCUT2D eigenvalue weighted by atomic mass is 10.1. The van der Waals surface area contributed by atoms with E-state index in [0.717, 1.165) is 17.3 Å². The van der Waals surface area contributed by atoms with E-state index in [0.29, 0.717) is 0 Å². The summed E-state index contributed by atoms with van der Waals surface area (Å²) in [7, 11) is 0. The van der Waals surface area contributed by atoms with Crippen LogP contribution in [-0.4, -0.2) is 11.3 Å². The topological polar surface area (TPSA) is 32.3 Å². The Hall–Kier alpha value is -0.280. The molecule has 2 rings (SSSR count). The molecule has 0 aromatic carbocycles. The third kappa shape index (κ3) is 1.12. The highest BCUT2D eigenvalue weighted by Gasteiger charge is 2.24. The van der Waals surface area contributed by atoms with Crippen LogP contribution in [0.25, 0.3) is 0 Å². The third-order valence-corrected chi connectivity index (χ3v) is 2.95. The molecular formula is C8H10BrNO. The molecule has 2 nitrogen and oxygen atoms in total. The Balaban J connectivity index is 2.36. The van der Waals surface area contributed by atoms with Crippen LogP contribution in [0.2, 0.25) is 0 Å². The highest BCUT2D eigenvalue weighted by atomic mass is 79.9. The number of halogens is 1. The van der Waals surface area contributed by atoms with Crippen molar-refractivity contribution in [3.63, 3.8) is 0 Å². The fourth-order valence-corrected chi connectivity index (χ4v) is 2.27. The van der Waals surface area contributed by atoms with Crippen molar-refractivity contribution in [3.8, 4) is 0 Å². The van der Waals surface area contributed by atoms with Crippen molar-refractivity contribution in [2.75, 3.05) is 0 Å². The van der Waals surface area contributed by atoms with E-state index in [-0.39, 0.29) is 0 Å². The molecule has 1 aliphatic heterocycles. The zero-order valence-corrected chi connectivity index (χ0v) is 7.69. The number of hydrogen-bond acceptors (Lipinski definition) is 2. The maximum absolute atomic E-state index is 9.46. The van der Waals surface area contributed by atoms with Gasteiger partial charge in [-0.25, -0.2) is 0 Å². The average Bonchev–Trinajstić information content (AvgIpc) is 2.45. The van der Waals surface area contributed by atoms with Crippen molar-refractivity contribution in [2.45, 2.75) is 25.5 Å². The van der Waals surface area contributed by atoms with E-state index in [9.17, 15) is 5.11 Å². The molecule has 0 aromatic rings. The van der Waals surface area contributed by atoms with Crippen LogP contribution >= 0.6 is 15.9 Å². The largest absolute Gasteiger partial charge is 0.370 e. The molecule has 0 saturated heterocycles. The second kappa shape index (κ2) is 2.64. The molecule has 2 N–H and O–H groups in total. The standard InChI is InChI=1S/C8H10BrNO/c9-7-4-10-8(11)6-3-1-2-5(6)7/h4,8,10-11H,1-3H2. The second-order valence-electron chi connectivity index (χ2n) is 2.92. The third-order valence-electron chi connectivity index (χ3n) is 2.25. The molecule has 1 aliphatic carbocycles. The van der Waals surface area contributed by atoms with Gasteiger partial charge in [0.25, 0.3) is 0 Å². The van der Waals surface area contributed by atoms with Gasteiger partial charge in [0.2, 0.25) is 0 Å². The van der Waals surface area contributed by atoms with Gasteiger partial charge in [-0.1, -0.05) is 0 Å². The summed E-state index contributed by atoms with van der Waals surface area (Å²) in [5, 5.41) is 12.4.